The Morgan fingerprint density at radius 2 is 1.83 bits per heavy atom. The molecule has 5 nitrogen and oxygen atoms in total. The normalized spacial score (nSPS) is 17.3. The van der Waals surface area contributed by atoms with Crippen molar-refractivity contribution in [2.24, 2.45) is 0 Å². The summed E-state index contributed by atoms with van der Waals surface area (Å²) in [7, 11) is 0. The summed E-state index contributed by atoms with van der Waals surface area (Å²) < 4.78 is 65.5. The lowest BCUT2D eigenvalue weighted by atomic mass is 10.1. The zero-order valence-electron chi connectivity index (χ0n) is 11.4. The zero-order valence-corrected chi connectivity index (χ0v) is 11.4. The maximum Gasteiger partial charge on any atom is 0.413 e. The van der Waals surface area contributed by atoms with Crippen LogP contribution in [0.25, 0.3) is 0 Å². The van der Waals surface area contributed by atoms with Crippen LogP contribution in [0.15, 0.2) is 18.2 Å². The fourth-order valence-electron chi connectivity index (χ4n) is 1.97. The van der Waals surface area contributed by atoms with Crippen molar-refractivity contribution in [3.05, 3.63) is 35.4 Å². The van der Waals surface area contributed by atoms with Crippen molar-refractivity contribution in [1.82, 2.24) is 10.6 Å². The van der Waals surface area contributed by atoms with Crippen LogP contribution in [0.4, 0.5) is 26.7 Å². The number of hydrogen-bond acceptors (Lipinski definition) is 2. The summed E-state index contributed by atoms with van der Waals surface area (Å²) in [4.78, 5) is 22.5. The highest BCUT2D eigenvalue weighted by molar-refractivity contribution is 5.89. The molecule has 126 valence electrons. The number of amides is 2. The molecule has 3 N–H and O–H groups in total. The first-order valence-electron chi connectivity index (χ1n) is 6.39. The van der Waals surface area contributed by atoms with Gasteiger partial charge in [-0.15, -0.1) is 0 Å². The molecule has 1 unspecified atom stereocenters. The lowest BCUT2D eigenvalue weighted by Gasteiger charge is -2.23. The van der Waals surface area contributed by atoms with E-state index in [1.54, 1.807) is 0 Å². The standard InChI is InChI=1S/C13H11F5N2O3/c14-6-1-2-7(8(15)5-6)9(13(16,17)18)19-11(23)20-12(3-4-12)10(21)22/h1-2,5,9H,3-4H2,(H,21,22)(H2,19,20,23). The second kappa shape index (κ2) is 5.67. The molecule has 10 heteroatoms. The minimum absolute atomic E-state index is 0.0807. The number of aliphatic carboxylic acids is 1. The van der Waals surface area contributed by atoms with E-state index in [1.807, 2.05) is 5.32 Å². The van der Waals surface area contributed by atoms with Gasteiger partial charge in [0.2, 0.25) is 0 Å². The topological polar surface area (TPSA) is 78.4 Å². The molecule has 1 aromatic rings. The number of nitrogens with one attached hydrogen (secondary N) is 2. The van der Waals surface area contributed by atoms with Crippen LogP contribution in [0.3, 0.4) is 0 Å². The van der Waals surface area contributed by atoms with Gasteiger partial charge in [0.25, 0.3) is 0 Å². The van der Waals surface area contributed by atoms with Crippen LogP contribution in [0.1, 0.15) is 24.4 Å². The molecular formula is C13H11F5N2O3. The van der Waals surface area contributed by atoms with E-state index in [2.05, 4.69) is 0 Å². The summed E-state index contributed by atoms with van der Waals surface area (Å²) >= 11 is 0. The Bertz CT molecular complexity index is 643. The summed E-state index contributed by atoms with van der Waals surface area (Å²) in [6, 6.07) is -2.71. The zero-order chi connectivity index (χ0) is 17.4. The van der Waals surface area contributed by atoms with Crippen LogP contribution >= 0.6 is 0 Å². The molecule has 2 amide bonds. The highest BCUT2D eigenvalue weighted by Crippen LogP contribution is 2.37. The first-order valence-corrected chi connectivity index (χ1v) is 6.39. The predicted octanol–water partition coefficient (Wildman–Crippen LogP) is 2.48. The summed E-state index contributed by atoms with van der Waals surface area (Å²) in [6.07, 6.45) is -4.90. The average Bonchev–Trinajstić information content (AvgIpc) is 3.16. The van der Waals surface area contributed by atoms with Gasteiger partial charge in [0.15, 0.2) is 6.04 Å². The molecular weight excluding hydrogens is 327 g/mol. The molecule has 0 spiro atoms. The van der Waals surface area contributed by atoms with Crippen molar-refractivity contribution in [2.45, 2.75) is 30.6 Å². The Balaban J connectivity index is 2.20. The van der Waals surface area contributed by atoms with Crippen molar-refractivity contribution < 1.29 is 36.6 Å². The third-order valence-electron chi connectivity index (χ3n) is 3.39. The highest BCUT2D eigenvalue weighted by atomic mass is 19.4. The van der Waals surface area contributed by atoms with Gasteiger partial charge in [-0.2, -0.15) is 13.2 Å². The summed E-state index contributed by atoms with van der Waals surface area (Å²) in [6.45, 7) is 0. The molecule has 1 fully saturated rings. The molecule has 0 radical (unpaired) electrons. The average molecular weight is 338 g/mol. The third-order valence-corrected chi connectivity index (χ3v) is 3.39. The van der Waals surface area contributed by atoms with Gasteiger partial charge in [-0.3, -0.25) is 0 Å². The third kappa shape index (κ3) is 3.69. The molecule has 1 aliphatic rings. The van der Waals surface area contributed by atoms with E-state index in [1.165, 1.54) is 5.32 Å². The molecule has 1 atom stereocenters. The van der Waals surface area contributed by atoms with E-state index in [0.717, 1.165) is 0 Å². The van der Waals surface area contributed by atoms with E-state index in [0.29, 0.717) is 12.1 Å². The molecule has 2 rings (SSSR count). The molecule has 1 aromatic carbocycles. The van der Waals surface area contributed by atoms with Gasteiger partial charge >= 0.3 is 18.2 Å². The van der Waals surface area contributed by atoms with Crippen LogP contribution in [0.5, 0.6) is 0 Å². The molecule has 1 aliphatic carbocycles. The van der Waals surface area contributed by atoms with E-state index in [-0.39, 0.29) is 18.9 Å². The summed E-state index contributed by atoms with van der Waals surface area (Å²) in [5.41, 5.74) is -2.57. The monoisotopic (exact) mass is 338 g/mol. The van der Waals surface area contributed by atoms with Gasteiger partial charge in [0.1, 0.15) is 17.2 Å². The van der Waals surface area contributed by atoms with Crippen LogP contribution < -0.4 is 10.6 Å². The number of benzene rings is 1. The second-order valence-corrected chi connectivity index (χ2v) is 5.13. The number of carbonyl (C=O) groups is 2. The number of alkyl halides is 3. The van der Waals surface area contributed by atoms with Crippen LogP contribution in [-0.2, 0) is 4.79 Å². The first-order chi connectivity index (χ1) is 10.5. The van der Waals surface area contributed by atoms with E-state index >= 15 is 0 Å². The Morgan fingerprint density at radius 1 is 1.22 bits per heavy atom. The Labute approximate surface area is 126 Å². The van der Waals surface area contributed by atoms with Gasteiger partial charge in [0, 0.05) is 11.6 Å². The maximum atomic E-state index is 13.6. The first kappa shape index (κ1) is 17.0. The largest absolute Gasteiger partial charge is 0.480 e. The Morgan fingerprint density at radius 3 is 2.26 bits per heavy atom. The molecule has 23 heavy (non-hydrogen) atoms. The number of hydrogen-bond donors (Lipinski definition) is 3. The molecule has 0 saturated heterocycles. The smallest absolute Gasteiger partial charge is 0.413 e. The SMILES string of the molecule is O=C(NC(c1ccc(F)cc1F)C(F)(F)F)NC1(C(=O)O)CC1. The number of carbonyl (C=O) groups excluding carboxylic acids is 1. The lowest BCUT2D eigenvalue weighted by Crippen LogP contribution is -2.51. The highest BCUT2D eigenvalue weighted by Gasteiger charge is 2.52. The molecule has 1 saturated carbocycles. The van der Waals surface area contributed by atoms with Crippen molar-refractivity contribution in [2.75, 3.05) is 0 Å². The van der Waals surface area contributed by atoms with Crippen molar-refractivity contribution >= 4 is 12.0 Å². The second-order valence-electron chi connectivity index (χ2n) is 5.13. The van der Waals surface area contributed by atoms with Crippen LogP contribution in [-0.4, -0.2) is 28.8 Å². The van der Waals surface area contributed by atoms with Crippen LogP contribution in [0, 0.1) is 11.6 Å². The van der Waals surface area contributed by atoms with Gasteiger partial charge in [-0.05, 0) is 18.9 Å². The number of rotatable bonds is 4. The summed E-state index contributed by atoms with van der Waals surface area (Å²) in [5, 5.41) is 12.3. The summed E-state index contributed by atoms with van der Waals surface area (Å²) in [5.74, 6) is -3.92. The van der Waals surface area contributed by atoms with Crippen molar-refractivity contribution in [1.29, 1.82) is 0 Å². The minimum Gasteiger partial charge on any atom is -0.480 e. The van der Waals surface area contributed by atoms with E-state index < -0.39 is 47.0 Å². The minimum atomic E-state index is -5.06. The maximum absolute atomic E-state index is 13.6. The van der Waals surface area contributed by atoms with Gasteiger partial charge < -0.3 is 15.7 Å². The molecule has 0 aliphatic heterocycles. The van der Waals surface area contributed by atoms with Crippen molar-refractivity contribution in [3.8, 4) is 0 Å². The van der Waals surface area contributed by atoms with Gasteiger partial charge in [0.05, 0.1) is 0 Å². The molecule has 0 aromatic heterocycles. The quantitative estimate of drug-likeness (QED) is 0.738. The molecule has 0 heterocycles. The van der Waals surface area contributed by atoms with E-state index in [9.17, 15) is 31.5 Å². The fraction of sp³-hybridized carbons (Fsp3) is 0.385. The number of halogens is 5. The van der Waals surface area contributed by atoms with Crippen molar-refractivity contribution in [3.63, 3.8) is 0 Å². The number of carboxylic acid groups (broad SMARTS) is 1. The lowest BCUT2D eigenvalue weighted by molar-refractivity contribution is -0.155. The Kier molecular flexibility index (Phi) is 4.18. The Hall–Kier alpha value is -2.39. The van der Waals surface area contributed by atoms with Gasteiger partial charge in [-0.25, -0.2) is 18.4 Å². The van der Waals surface area contributed by atoms with E-state index in [4.69, 9.17) is 5.11 Å². The molecule has 0 bridgehead atoms. The van der Waals surface area contributed by atoms with Crippen LogP contribution in [0.2, 0.25) is 0 Å². The predicted molar refractivity (Wildman–Crippen MR) is 66.4 cm³/mol. The number of urea groups is 1. The number of carboxylic acids is 1. The fourth-order valence-corrected chi connectivity index (χ4v) is 1.97. The van der Waals surface area contributed by atoms with Gasteiger partial charge in [-0.1, -0.05) is 6.07 Å².